The summed E-state index contributed by atoms with van der Waals surface area (Å²) in [6.45, 7) is 4.10. The van der Waals surface area contributed by atoms with Gasteiger partial charge in [-0.25, -0.2) is 4.98 Å². The van der Waals surface area contributed by atoms with Crippen LogP contribution in [0.15, 0.2) is 30.3 Å². The third kappa shape index (κ3) is 2.16. The first-order valence-corrected chi connectivity index (χ1v) is 7.48. The molecule has 0 atom stereocenters. The maximum atomic E-state index is 11.4. The van der Waals surface area contributed by atoms with Crippen LogP contribution in [0.1, 0.15) is 32.3 Å². The van der Waals surface area contributed by atoms with E-state index in [9.17, 15) is 4.79 Å². The number of hydrogen-bond donors (Lipinski definition) is 0. The lowest BCUT2D eigenvalue weighted by molar-refractivity contribution is 0.111. The fourth-order valence-corrected chi connectivity index (χ4v) is 3.42. The van der Waals surface area contributed by atoms with Gasteiger partial charge in [0.2, 0.25) is 0 Å². The second-order valence-corrected chi connectivity index (χ2v) is 6.09. The molecule has 0 aliphatic heterocycles. The van der Waals surface area contributed by atoms with Gasteiger partial charge in [-0.05, 0) is 32.3 Å². The highest BCUT2D eigenvalue weighted by molar-refractivity contribution is 7.17. The van der Waals surface area contributed by atoms with Crippen molar-refractivity contribution in [3.63, 3.8) is 0 Å². The van der Waals surface area contributed by atoms with Gasteiger partial charge in [0.15, 0.2) is 11.2 Å². The van der Waals surface area contributed by atoms with Crippen molar-refractivity contribution in [1.29, 1.82) is 0 Å². The van der Waals surface area contributed by atoms with E-state index in [0.717, 1.165) is 35.5 Å². The number of imidazole rings is 1. The zero-order chi connectivity index (χ0) is 14.1. The summed E-state index contributed by atoms with van der Waals surface area (Å²) in [5, 5.41) is 0. The number of carbonyl (C=O) groups excluding carboxylic acids is 1. The highest BCUT2D eigenvalue weighted by Crippen LogP contribution is 2.25. The van der Waals surface area contributed by atoms with Crippen LogP contribution in [0.4, 0.5) is 0 Å². The van der Waals surface area contributed by atoms with E-state index in [-0.39, 0.29) is 0 Å². The maximum Gasteiger partial charge on any atom is 0.194 e. The smallest absolute Gasteiger partial charge is 0.194 e. The molecule has 2 heterocycles. The van der Waals surface area contributed by atoms with Gasteiger partial charge in [0.1, 0.15) is 5.69 Å². The van der Waals surface area contributed by atoms with Crippen LogP contribution in [0.25, 0.3) is 4.96 Å². The van der Waals surface area contributed by atoms with Gasteiger partial charge in [-0.3, -0.25) is 9.20 Å². The highest BCUT2D eigenvalue weighted by atomic mass is 32.1. The van der Waals surface area contributed by atoms with Gasteiger partial charge < -0.3 is 0 Å². The van der Waals surface area contributed by atoms with E-state index >= 15 is 0 Å². The predicted molar refractivity (Wildman–Crippen MR) is 81.8 cm³/mol. The van der Waals surface area contributed by atoms with Gasteiger partial charge in [-0.1, -0.05) is 30.3 Å². The first-order chi connectivity index (χ1) is 9.70. The number of aromatic nitrogens is 2. The maximum absolute atomic E-state index is 11.4. The monoisotopic (exact) mass is 284 g/mol. The molecule has 3 nitrogen and oxygen atoms in total. The Morgan fingerprint density at radius 1 is 1.20 bits per heavy atom. The van der Waals surface area contributed by atoms with Gasteiger partial charge in [0.25, 0.3) is 0 Å². The summed E-state index contributed by atoms with van der Waals surface area (Å²) >= 11 is 1.64. The number of benzene rings is 1. The van der Waals surface area contributed by atoms with Gasteiger partial charge in [0.05, 0.1) is 5.69 Å². The molecule has 0 fully saturated rings. The van der Waals surface area contributed by atoms with Crippen LogP contribution in [0.5, 0.6) is 0 Å². The highest BCUT2D eigenvalue weighted by Gasteiger charge is 2.16. The fourth-order valence-electron chi connectivity index (χ4n) is 2.43. The Kier molecular flexibility index (Phi) is 3.40. The molecule has 0 amide bonds. The van der Waals surface area contributed by atoms with E-state index < -0.39 is 0 Å². The lowest BCUT2D eigenvalue weighted by Gasteiger charge is -2.01. The molecule has 0 spiro atoms. The van der Waals surface area contributed by atoms with E-state index in [0.29, 0.717) is 5.69 Å². The van der Waals surface area contributed by atoms with Gasteiger partial charge in [-0.15, -0.1) is 11.3 Å². The second kappa shape index (κ2) is 5.21. The normalized spacial score (nSPS) is 11.1. The summed E-state index contributed by atoms with van der Waals surface area (Å²) in [6, 6.07) is 10.3. The molecule has 20 heavy (non-hydrogen) atoms. The summed E-state index contributed by atoms with van der Waals surface area (Å²) in [6.07, 6.45) is 2.63. The number of nitrogens with zero attached hydrogens (tertiary/aromatic N) is 2. The molecule has 0 saturated heterocycles. The minimum atomic E-state index is 0.706. The van der Waals surface area contributed by atoms with Gasteiger partial charge in [0, 0.05) is 10.6 Å². The molecule has 0 unspecified atom stereocenters. The average Bonchev–Trinajstić information content (AvgIpc) is 2.95. The minimum absolute atomic E-state index is 0.706. The Morgan fingerprint density at radius 3 is 2.65 bits per heavy atom. The Morgan fingerprint density at radius 2 is 1.95 bits per heavy atom. The topological polar surface area (TPSA) is 34.4 Å². The summed E-state index contributed by atoms with van der Waals surface area (Å²) in [5.41, 5.74) is 4.00. The first kappa shape index (κ1) is 13.1. The third-order valence-electron chi connectivity index (χ3n) is 3.65. The number of thiazole rings is 1. The van der Waals surface area contributed by atoms with Crippen molar-refractivity contribution in [2.45, 2.75) is 26.7 Å². The van der Waals surface area contributed by atoms with Crippen molar-refractivity contribution >= 4 is 22.6 Å². The van der Waals surface area contributed by atoms with Crippen molar-refractivity contribution in [3.8, 4) is 0 Å². The molecular formula is C16H16N2OS. The molecule has 3 aromatic rings. The van der Waals surface area contributed by atoms with Crippen LogP contribution in [-0.2, 0) is 12.8 Å². The number of aldehydes is 1. The second-order valence-electron chi connectivity index (χ2n) is 4.91. The molecule has 0 aliphatic rings. The molecule has 0 radical (unpaired) electrons. The molecule has 1 aromatic carbocycles. The van der Waals surface area contributed by atoms with E-state index in [2.05, 4.69) is 24.0 Å². The number of aryl methyl sites for hydroxylation is 4. The molecule has 0 bridgehead atoms. The van der Waals surface area contributed by atoms with Crippen molar-refractivity contribution < 1.29 is 4.79 Å². The van der Waals surface area contributed by atoms with E-state index in [1.54, 1.807) is 11.3 Å². The number of carbonyl (C=O) groups is 1. The number of fused-ring (bicyclic) bond motifs is 1. The first-order valence-electron chi connectivity index (χ1n) is 6.67. The fraction of sp³-hybridized carbons (Fsp3) is 0.250. The quantitative estimate of drug-likeness (QED) is 0.686. The molecule has 0 N–H and O–H groups in total. The molecule has 102 valence electrons. The molecule has 2 aromatic heterocycles. The summed E-state index contributed by atoms with van der Waals surface area (Å²) in [7, 11) is 0. The van der Waals surface area contributed by atoms with Gasteiger partial charge >= 0.3 is 0 Å². The Balaban J connectivity index is 1.94. The number of hydrogen-bond acceptors (Lipinski definition) is 3. The summed E-state index contributed by atoms with van der Waals surface area (Å²) in [4.78, 5) is 18.2. The van der Waals surface area contributed by atoms with E-state index in [1.165, 1.54) is 10.4 Å². The molecule has 4 heteroatoms. The van der Waals surface area contributed by atoms with Crippen molar-refractivity contribution in [2.24, 2.45) is 0 Å². The van der Waals surface area contributed by atoms with Crippen molar-refractivity contribution in [2.75, 3.05) is 0 Å². The third-order valence-corrected chi connectivity index (χ3v) is 4.71. The Hall–Kier alpha value is -1.94. The lowest BCUT2D eigenvalue weighted by atomic mass is 10.1. The molecule has 3 rings (SSSR count). The SMILES string of the molecule is Cc1sc2nc(CCc3ccccc3)c(C=O)n2c1C. The molecular weight excluding hydrogens is 268 g/mol. The lowest BCUT2D eigenvalue weighted by Crippen LogP contribution is -1.99. The predicted octanol–water partition coefficient (Wildman–Crippen LogP) is 3.61. The average molecular weight is 284 g/mol. The summed E-state index contributed by atoms with van der Waals surface area (Å²) in [5.74, 6) is 0. The van der Waals surface area contributed by atoms with Crippen molar-refractivity contribution in [3.05, 3.63) is 57.9 Å². The largest absolute Gasteiger partial charge is 0.296 e. The van der Waals surface area contributed by atoms with Crippen LogP contribution < -0.4 is 0 Å². The van der Waals surface area contributed by atoms with Crippen LogP contribution in [-0.4, -0.2) is 15.7 Å². The van der Waals surface area contributed by atoms with Gasteiger partial charge in [-0.2, -0.15) is 0 Å². The Bertz CT molecular complexity index is 756. The van der Waals surface area contributed by atoms with E-state index in [4.69, 9.17) is 0 Å². The molecule has 0 saturated carbocycles. The van der Waals surface area contributed by atoms with E-state index in [1.807, 2.05) is 29.5 Å². The van der Waals surface area contributed by atoms with Crippen LogP contribution in [0, 0.1) is 13.8 Å². The summed E-state index contributed by atoms with van der Waals surface area (Å²) < 4.78 is 1.98. The minimum Gasteiger partial charge on any atom is -0.296 e. The standard InChI is InChI=1S/C16H16N2OS/c1-11-12(2)20-16-17-14(15(10-19)18(11)16)9-8-13-6-4-3-5-7-13/h3-7,10H,8-9H2,1-2H3. The zero-order valence-electron chi connectivity index (χ0n) is 11.6. The number of rotatable bonds is 4. The van der Waals surface area contributed by atoms with Crippen LogP contribution in [0.2, 0.25) is 0 Å². The van der Waals surface area contributed by atoms with Crippen LogP contribution in [0.3, 0.4) is 0 Å². The zero-order valence-corrected chi connectivity index (χ0v) is 12.4. The Labute approximate surface area is 121 Å². The van der Waals surface area contributed by atoms with Crippen LogP contribution >= 0.6 is 11.3 Å². The molecule has 0 aliphatic carbocycles. The van der Waals surface area contributed by atoms with Crippen molar-refractivity contribution in [1.82, 2.24) is 9.38 Å².